The molecule has 0 radical (unpaired) electrons. The normalized spacial score (nSPS) is 10.4. The van der Waals surface area contributed by atoms with Crippen LogP contribution in [0, 0.1) is 5.92 Å². The third-order valence-corrected chi connectivity index (χ3v) is 1.20. The smallest absolute Gasteiger partial charge is 0.323 e. The molecule has 6 nitrogen and oxygen atoms in total. The van der Waals surface area contributed by atoms with Crippen molar-refractivity contribution in [1.82, 2.24) is 15.0 Å². The Morgan fingerprint density at radius 2 is 1.69 bits per heavy atom. The first-order valence-corrected chi connectivity index (χ1v) is 3.97. The van der Waals surface area contributed by atoms with Crippen molar-refractivity contribution in [2.45, 2.75) is 13.8 Å². The maximum absolute atomic E-state index is 5.34. The van der Waals surface area contributed by atoms with E-state index in [1.165, 1.54) is 0 Å². The van der Waals surface area contributed by atoms with E-state index in [0.29, 0.717) is 12.5 Å². The predicted octanol–water partition coefficient (Wildman–Crippen LogP) is 0.0708. The van der Waals surface area contributed by atoms with Crippen LogP contribution in [0.15, 0.2) is 0 Å². The van der Waals surface area contributed by atoms with Crippen LogP contribution in [0.1, 0.15) is 13.8 Å². The van der Waals surface area contributed by atoms with Crippen molar-refractivity contribution < 1.29 is 4.74 Å². The lowest BCUT2D eigenvalue weighted by atomic mass is 10.2. The molecule has 0 aliphatic rings. The molecule has 0 aliphatic heterocycles. The van der Waals surface area contributed by atoms with E-state index >= 15 is 0 Å². The van der Waals surface area contributed by atoms with Crippen LogP contribution in [-0.2, 0) is 0 Å². The maximum atomic E-state index is 5.34. The molecule has 4 N–H and O–H groups in total. The van der Waals surface area contributed by atoms with Gasteiger partial charge in [-0.1, -0.05) is 13.8 Å². The fourth-order valence-corrected chi connectivity index (χ4v) is 0.694. The number of hydrogen-bond donors (Lipinski definition) is 2. The molecule has 1 rings (SSSR count). The third-order valence-electron chi connectivity index (χ3n) is 1.20. The number of ether oxygens (including phenoxy) is 1. The molecule has 0 saturated heterocycles. The van der Waals surface area contributed by atoms with E-state index in [4.69, 9.17) is 16.2 Å². The molecular formula is C7H13N5O. The Morgan fingerprint density at radius 3 is 2.15 bits per heavy atom. The Balaban J connectivity index is 2.66. The summed E-state index contributed by atoms with van der Waals surface area (Å²) in [4.78, 5) is 11.1. The lowest BCUT2D eigenvalue weighted by molar-refractivity contribution is 0.251. The van der Waals surface area contributed by atoms with Crippen LogP contribution >= 0.6 is 0 Å². The molecule has 0 aromatic carbocycles. The van der Waals surface area contributed by atoms with Gasteiger partial charge in [0.15, 0.2) is 0 Å². The quantitative estimate of drug-likeness (QED) is 0.687. The van der Waals surface area contributed by atoms with E-state index in [-0.39, 0.29) is 17.9 Å². The minimum Gasteiger partial charge on any atom is -0.463 e. The number of aromatic nitrogens is 3. The second-order valence-electron chi connectivity index (χ2n) is 3.04. The summed E-state index contributed by atoms with van der Waals surface area (Å²) in [6.07, 6.45) is 0. The van der Waals surface area contributed by atoms with Gasteiger partial charge in [0.1, 0.15) is 0 Å². The first kappa shape index (κ1) is 9.50. The number of hydrogen-bond acceptors (Lipinski definition) is 6. The van der Waals surface area contributed by atoms with Gasteiger partial charge in [0.05, 0.1) is 6.61 Å². The zero-order chi connectivity index (χ0) is 9.84. The van der Waals surface area contributed by atoms with Gasteiger partial charge in [0.2, 0.25) is 11.9 Å². The number of nitrogens with two attached hydrogens (primary N) is 2. The van der Waals surface area contributed by atoms with E-state index < -0.39 is 0 Å². The summed E-state index contributed by atoms with van der Waals surface area (Å²) in [5, 5.41) is 0. The Bertz CT molecular complexity index is 268. The summed E-state index contributed by atoms with van der Waals surface area (Å²) in [6.45, 7) is 4.57. The van der Waals surface area contributed by atoms with Crippen molar-refractivity contribution in [1.29, 1.82) is 0 Å². The summed E-state index contributed by atoms with van der Waals surface area (Å²) in [6, 6.07) is 0.179. The van der Waals surface area contributed by atoms with E-state index in [1.807, 2.05) is 13.8 Å². The van der Waals surface area contributed by atoms with Gasteiger partial charge in [-0.05, 0) is 5.92 Å². The van der Waals surface area contributed by atoms with Crippen molar-refractivity contribution in [2.75, 3.05) is 18.1 Å². The predicted molar refractivity (Wildman–Crippen MR) is 49.0 cm³/mol. The summed E-state index contributed by atoms with van der Waals surface area (Å²) >= 11 is 0. The van der Waals surface area contributed by atoms with Crippen LogP contribution in [0.25, 0.3) is 0 Å². The van der Waals surface area contributed by atoms with Gasteiger partial charge >= 0.3 is 6.01 Å². The van der Waals surface area contributed by atoms with Gasteiger partial charge in [-0.25, -0.2) is 0 Å². The maximum Gasteiger partial charge on any atom is 0.323 e. The van der Waals surface area contributed by atoms with E-state index in [1.54, 1.807) is 0 Å². The topological polar surface area (TPSA) is 99.9 Å². The van der Waals surface area contributed by atoms with Crippen molar-refractivity contribution >= 4 is 11.9 Å². The second-order valence-corrected chi connectivity index (χ2v) is 3.04. The fourth-order valence-electron chi connectivity index (χ4n) is 0.694. The van der Waals surface area contributed by atoms with Crippen LogP contribution in [-0.4, -0.2) is 21.6 Å². The van der Waals surface area contributed by atoms with Crippen LogP contribution in [0.4, 0.5) is 11.9 Å². The van der Waals surface area contributed by atoms with Crippen molar-refractivity contribution in [2.24, 2.45) is 5.92 Å². The summed E-state index contributed by atoms with van der Waals surface area (Å²) < 4.78 is 5.21. The Morgan fingerprint density at radius 1 is 1.15 bits per heavy atom. The molecule has 1 aromatic heterocycles. The van der Waals surface area contributed by atoms with Crippen molar-refractivity contribution in [3.05, 3.63) is 0 Å². The number of nitrogens with zero attached hydrogens (tertiary/aromatic N) is 3. The van der Waals surface area contributed by atoms with E-state index in [9.17, 15) is 0 Å². The van der Waals surface area contributed by atoms with Gasteiger partial charge in [-0.15, -0.1) is 0 Å². The average molecular weight is 183 g/mol. The minimum absolute atomic E-state index is 0.0752. The monoisotopic (exact) mass is 183 g/mol. The molecule has 0 atom stereocenters. The lowest BCUT2D eigenvalue weighted by Gasteiger charge is -2.06. The number of anilines is 2. The van der Waals surface area contributed by atoms with E-state index in [2.05, 4.69) is 15.0 Å². The zero-order valence-corrected chi connectivity index (χ0v) is 7.69. The Labute approximate surface area is 76.3 Å². The molecule has 72 valence electrons. The molecule has 0 unspecified atom stereocenters. The van der Waals surface area contributed by atoms with Gasteiger partial charge in [0, 0.05) is 0 Å². The number of nitrogen functional groups attached to an aromatic ring is 2. The van der Waals surface area contributed by atoms with Crippen LogP contribution in [0.3, 0.4) is 0 Å². The highest BCUT2D eigenvalue weighted by atomic mass is 16.5. The zero-order valence-electron chi connectivity index (χ0n) is 7.69. The van der Waals surface area contributed by atoms with Crippen molar-refractivity contribution in [3.63, 3.8) is 0 Å². The summed E-state index contributed by atoms with van der Waals surface area (Å²) in [5.74, 6) is 0.553. The lowest BCUT2D eigenvalue weighted by Crippen LogP contribution is -2.10. The minimum atomic E-state index is 0.0752. The molecule has 0 aliphatic carbocycles. The second kappa shape index (κ2) is 3.88. The van der Waals surface area contributed by atoms with Gasteiger partial charge in [0.25, 0.3) is 0 Å². The average Bonchev–Trinajstić information content (AvgIpc) is 1.99. The molecule has 0 amide bonds. The van der Waals surface area contributed by atoms with Crippen LogP contribution in [0.2, 0.25) is 0 Å². The first-order valence-electron chi connectivity index (χ1n) is 3.97. The molecule has 0 fully saturated rings. The highest BCUT2D eigenvalue weighted by Crippen LogP contribution is 2.07. The highest BCUT2D eigenvalue weighted by Gasteiger charge is 2.03. The van der Waals surface area contributed by atoms with Crippen LogP contribution in [0.5, 0.6) is 6.01 Å². The molecule has 6 heteroatoms. The summed E-state index contributed by atoms with van der Waals surface area (Å²) in [5.41, 5.74) is 10.7. The Hall–Kier alpha value is -1.59. The third kappa shape index (κ3) is 3.10. The molecule has 1 heterocycles. The largest absolute Gasteiger partial charge is 0.463 e. The van der Waals surface area contributed by atoms with Gasteiger partial charge < -0.3 is 16.2 Å². The SMILES string of the molecule is CC(C)COc1nc(N)nc(N)n1. The highest BCUT2D eigenvalue weighted by molar-refractivity contribution is 5.27. The Kier molecular flexibility index (Phi) is 2.84. The number of rotatable bonds is 3. The molecule has 0 saturated carbocycles. The van der Waals surface area contributed by atoms with Crippen molar-refractivity contribution in [3.8, 4) is 6.01 Å². The molecule has 0 spiro atoms. The van der Waals surface area contributed by atoms with E-state index in [0.717, 1.165) is 0 Å². The fraction of sp³-hybridized carbons (Fsp3) is 0.571. The summed E-state index contributed by atoms with van der Waals surface area (Å²) in [7, 11) is 0. The van der Waals surface area contributed by atoms with Gasteiger partial charge in [-0.2, -0.15) is 15.0 Å². The van der Waals surface area contributed by atoms with Crippen LogP contribution < -0.4 is 16.2 Å². The van der Waals surface area contributed by atoms with Gasteiger partial charge in [-0.3, -0.25) is 0 Å². The molecule has 1 aromatic rings. The molecular weight excluding hydrogens is 170 g/mol. The first-order chi connectivity index (χ1) is 6.08. The molecule has 13 heavy (non-hydrogen) atoms. The molecule has 0 bridgehead atoms. The standard InChI is InChI=1S/C7H13N5O/c1-4(2)3-13-7-11-5(8)10-6(9)12-7/h4H,3H2,1-2H3,(H4,8,9,10,11,12).